The summed E-state index contributed by atoms with van der Waals surface area (Å²) in [4.78, 5) is 0. The van der Waals surface area contributed by atoms with Gasteiger partial charge < -0.3 is 5.32 Å². The van der Waals surface area contributed by atoms with Crippen LogP contribution in [0.2, 0.25) is 0 Å². The molecule has 1 aliphatic rings. The first-order chi connectivity index (χ1) is 6.08. The number of nitrogens with one attached hydrogen (secondary N) is 1. The normalized spacial score (nSPS) is 24.7. The molecule has 1 aromatic rings. The first kappa shape index (κ1) is 8.61. The van der Waals surface area contributed by atoms with Crippen molar-refractivity contribution in [1.82, 2.24) is 0 Å². The minimum Gasteiger partial charge on any atom is -0.380 e. The maximum absolute atomic E-state index is 3.57. The van der Waals surface area contributed by atoms with E-state index in [1.54, 1.807) is 0 Å². The van der Waals surface area contributed by atoms with Crippen molar-refractivity contribution in [1.29, 1.82) is 0 Å². The van der Waals surface area contributed by atoms with E-state index in [0.717, 1.165) is 0 Å². The average Bonchev–Trinajstić information content (AvgIpc) is 2.02. The smallest absolute Gasteiger partial charge is 0.0379 e. The molecular formula is C12H17N. The van der Waals surface area contributed by atoms with Gasteiger partial charge in [-0.05, 0) is 37.8 Å². The van der Waals surface area contributed by atoms with Crippen LogP contribution in [0.1, 0.15) is 38.7 Å². The molecule has 1 nitrogen and oxygen atoms in total. The van der Waals surface area contributed by atoms with E-state index in [1.807, 2.05) is 0 Å². The van der Waals surface area contributed by atoms with Crippen molar-refractivity contribution in [2.45, 2.75) is 38.6 Å². The van der Waals surface area contributed by atoms with Gasteiger partial charge in [0.15, 0.2) is 0 Å². The number of fused-ring (bicyclic) bond motifs is 1. The van der Waals surface area contributed by atoms with Gasteiger partial charge in [-0.15, -0.1) is 0 Å². The fourth-order valence-corrected chi connectivity index (χ4v) is 2.33. The van der Waals surface area contributed by atoms with E-state index in [4.69, 9.17) is 0 Å². The Balaban J connectivity index is 2.43. The molecule has 0 fully saturated rings. The highest BCUT2D eigenvalue weighted by Crippen LogP contribution is 2.37. The Morgan fingerprint density at radius 3 is 2.77 bits per heavy atom. The van der Waals surface area contributed by atoms with Crippen LogP contribution >= 0.6 is 0 Å². The summed E-state index contributed by atoms with van der Waals surface area (Å²) in [7, 11) is 0. The molecule has 1 heteroatoms. The second kappa shape index (κ2) is 2.76. The van der Waals surface area contributed by atoms with Gasteiger partial charge >= 0.3 is 0 Å². The molecule has 0 bridgehead atoms. The summed E-state index contributed by atoms with van der Waals surface area (Å²) in [6.45, 7) is 6.83. The number of rotatable bonds is 0. The summed E-state index contributed by atoms with van der Waals surface area (Å²) in [6, 6.07) is 8.62. The Bertz CT molecular complexity index is 315. The fourth-order valence-electron chi connectivity index (χ4n) is 2.33. The summed E-state index contributed by atoms with van der Waals surface area (Å²) in [6.07, 6.45) is 1.21. The van der Waals surface area contributed by atoms with Gasteiger partial charge in [-0.3, -0.25) is 0 Å². The van der Waals surface area contributed by atoms with Gasteiger partial charge in [-0.1, -0.05) is 25.1 Å². The molecule has 0 aliphatic carbocycles. The molecule has 1 aliphatic heterocycles. The molecule has 1 N–H and O–H groups in total. The number of benzene rings is 1. The van der Waals surface area contributed by atoms with Crippen molar-refractivity contribution >= 4 is 5.69 Å². The van der Waals surface area contributed by atoms with Crippen LogP contribution in [-0.4, -0.2) is 5.54 Å². The lowest BCUT2D eigenvalue weighted by molar-refractivity contribution is 0.454. The highest BCUT2D eigenvalue weighted by Gasteiger charge is 2.28. The molecule has 13 heavy (non-hydrogen) atoms. The van der Waals surface area contributed by atoms with Gasteiger partial charge in [0.1, 0.15) is 0 Å². The van der Waals surface area contributed by atoms with Crippen molar-refractivity contribution in [3.8, 4) is 0 Å². The zero-order valence-corrected chi connectivity index (χ0v) is 8.59. The molecule has 0 saturated carbocycles. The van der Waals surface area contributed by atoms with Crippen LogP contribution in [0.25, 0.3) is 0 Å². The Morgan fingerprint density at radius 2 is 2.00 bits per heavy atom. The molecule has 1 atom stereocenters. The number of hydrogen-bond donors (Lipinski definition) is 1. The maximum atomic E-state index is 3.57. The van der Waals surface area contributed by atoms with E-state index in [2.05, 4.69) is 50.4 Å². The average molecular weight is 175 g/mol. The van der Waals surface area contributed by atoms with Gasteiger partial charge in [0.05, 0.1) is 0 Å². The van der Waals surface area contributed by atoms with E-state index < -0.39 is 0 Å². The fraction of sp³-hybridized carbons (Fsp3) is 0.500. The first-order valence-electron chi connectivity index (χ1n) is 4.96. The molecule has 0 radical (unpaired) electrons. The summed E-state index contributed by atoms with van der Waals surface area (Å²) in [5.41, 5.74) is 3.02. The lowest BCUT2D eigenvalue weighted by Gasteiger charge is -2.37. The molecule has 0 spiro atoms. The van der Waals surface area contributed by atoms with Crippen molar-refractivity contribution < 1.29 is 0 Å². The zero-order chi connectivity index (χ0) is 9.47. The summed E-state index contributed by atoms with van der Waals surface area (Å²) < 4.78 is 0. The van der Waals surface area contributed by atoms with Crippen LogP contribution < -0.4 is 5.32 Å². The first-order valence-corrected chi connectivity index (χ1v) is 4.96. The Hall–Kier alpha value is -0.980. The minimum absolute atomic E-state index is 0.244. The maximum Gasteiger partial charge on any atom is 0.0379 e. The standard InChI is InChI=1S/C12H17N/c1-9-8-12(2,3)13-11-7-5-4-6-10(9)11/h4-7,9,13H,8H2,1-3H3. The molecule has 0 saturated heterocycles. The quantitative estimate of drug-likeness (QED) is 0.637. The van der Waals surface area contributed by atoms with Crippen LogP contribution in [0.5, 0.6) is 0 Å². The van der Waals surface area contributed by atoms with Crippen LogP contribution in [0, 0.1) is 0 Å². The SMILES string of the molecule is CC1CC(C)(C)Nc2ccccc21. The molecule has 0 amide bonds. The van der Waals surface area contributed by atoms with Crippen molar-refractivity contribution in [3.63, 3.8) is 0 Å². The summed E-state index contributed by atoms with van der Waals surface area (Å²) in [5, 5.41) is 3.57. The highest BCUT2D eigenvalue weighted by atomic mass is 15.0. The van der Waals surface area contributed by atoms with Crippen LogP contribution in [0.15, 0.2) is 24.3 Å². The van der Waals surface area contributed by atoms with Crippen LogP contribution in [-0.2, 0) is 0 Å². The number of anilines is 1. The van der Waals surface area contributed by atoms with Gasteiger partial charge in [0, 0.05) is 11.2 Å². The van der Waals surface area contributed by atoms with E-state index >= 15 is 0 Å². The molecule has 1 heterocycles. The Kier molecular flexibility index (Phi) is 1.83. The van der Waals surface area contributed by atoms with Crippen molar-refractivity contribution in [3.05, 3.63) is 29.8 Å². The molecular weight excluding hydrogens is 158 g/mol. The monoisotopic (exact) mass is 175 g/mol. The number of hydrogen-bond acceptors (Lipinski definition) is 1. The molecule has 1 unspecified atom stereocenters. The third-order valence-corrected chi connectivity index (χ3v) is 2.78. The van der Waals surface area contributed by atoms with Gasteiger partial charge in [0.25, 0.3) is 0 Å². The van der Waals surface area contributed by atoms with Crippen molar-refractivity contribution in [2.75, 3.05) is 5.32 Å². The molecule has 2 rings (SSSR count). The second-order valence-electron chi connectivity index (χ2n) is 4.70. The zero-order valence-electron chi connectivity index (χ0n) is 8.59. The number of para-hydroxylation sites is 1. The predicted octanol–water partition coefficient (Wildman–Crippen LogP) is 3.38. The lowest BCUT2D eigenvalue weighted by atomic mass is 9.82. The van der Waals surface area contributed by atoms with Crippen LogP contribution in [0.4, 0.5) is 5.69 Å². The van der Waals surface area contributed by atoms with E-state index in [0.29, 0.717) is 5.92 Å². The van der Waals surface area contributed by atoms with Gasteiger partial charge in [-0.25, -0.2) is 0 Å². The lowest BCUT2D eigenvalue weighted by Crippen LogP contribution is -2.36. The topological polar surface area (TPSA) is 12.0 Å². The van der Waals surface area contributed by atoms with Crippen LogP contribution in [0.3, 0.4) is 0 Å². The third-order valence-electron chi connectivity index (χ3n) is 2.78. The van der Waals surface area contributed by atoms with E-state index in [9.17, 15) is 0 Å². The van der Waals surface area contributed by atoms with E-state index in [-0.39, 0.29) is 5.54 Å². The largest absolute Gasteiger partial charge is 0.380 e. The Labute approximate surface area is 80.2 Å². The predicted molar refractivity (Wildman–Crippen MR) is 57.2 cm³/mol. The summed E-state index contributed by atoms with van der Waals surface area (Å²) in [5.74, 6) is 0.674. The third kappa shape index (κ3) is 1.55. The summed E-state index contributed by atoms with van der Waals surface area (Å²) >= 11 is 0. The second-order valence-corrected chi connectivity index (χ2v) is 4.70. The van der Waals surface area contributed by atoms with Gasteiger partial charge in [-0.2, -0.15) is 0 Å². The molecule has 1 aromatic carbocycles. The highest BCUT2D eigenvalue weighted by molar-refractivity contribution is 5.56. The minimum atomic E-state index is 0.244. The van der Waals surface area contributed by atoms with Gasteiger partial charge in [0.2, 0.25) is 0 Å². The van der Waals surface area contributed by atoms with E-state index in [1.165, 1.54) is 17.7 Å². The Morgan fingerprint density at radius 1 is 1.31 bits per heavy atom. The molecule has 0 aromatic heterocycles. The molecule has 70 valence electrons. The van der Waals surface area contributed by atoms with Crippen molar-refractivity contribution in [2.24, 2.45) is 0 Å².